The van der Waals surface area contributed by atoms with Crippen molar-refractivity contribution in [2.45, 2.75) is 25.9 Å². The number of rotatable bonds is 5. The zero-order valence-corrected chi connectivity index (χ0v) is 20.2. The van der Waals surface area contributed by atoms with Crippen LogP contribution in [0, 0.1) is 11.2 Å². The van der Waals surface area contributed by atoms with Crippen LogP contribution in [0.2, 0.25) is 0 Å². The Morgan fingerprint density at radius 3 is 2.36 bits per heavy atom. The average Bonchev–Trinajstić information content (AvgIpc) is 3.43. The minimum Gasteiger partial charge on any atom is -0.362 e. The van der Waals surface area contributed by atoms with Gasteiger partial charge < -0.3 is 10.2 Å². The average molecular weight is 479 g/mol. The quantitative estimate of drug-likeness (QED) is 0.335. The summed E-state index contributed by atoms with van der Waals surface area (Å²) in [5.41, 5.74) is 4.11. The van der Waals surface area contributed by atoms with Gasteiger partial charge in [0.2, 0.25) is 5.95 Å². The van der Waals surface area contributed by atoms with Gasteiger partial charge in [0, 0.05) is 35.4 Å². The zero-order chi connectivity index (χ0) is 24.7. The van der Waals surface area contributed by atoms with E-state index in [0.29, 0.717) is 5.95 Å². The van der Waals surface area contributed by atoms with E-state index in [4.69, 9.17) is 0 Å². The summed E-state index contributed by atoms with van der Waals surface area (Å²) >= 11 is 0. The largest absolute Gasteiger partial charge is 0.362 e. The molecule has 0 unspecified atom stereocenters. The lowest BCUT2D eigenvalue weighted by atomic mass is 9.83. The molecule has 36 heavy (non-hydrogen) atoms. The van der Waals surface area contributed by atoms with Crippen molar-refractivity contribution in [1.82, 2.24) is 19.7 Å². The van der Waals surface area contributed by atoms with Gasteiger partial charge in [-0.1, -0.05) is 44.2 Å². The van der Waals surface area contributed by atoms with Gasteiger partial charge in [-0.15, -0.1) is 0 Å². The molecule has 1 aliphatic heterocycles. The Kier molecular flexibility index (Phi) is 5.40. The molecule has 1 saturated heterocycles. The Balaban J connectivity index is 1.41. The summed E-state index contributed by atoms with van der Waals surface area (Å²) in [4.78, 5) is 11.3. The van der Waals surface area contributed by atoms with Crippen molar-refractivity contribution >= 4 is 22.5 Å². The van der Waals surface area contributed by atoms with E-state index in [0.717, 1.165) is 28.8 Å². The highest BCUT2D eigenvalue weighted by Gasteiger charge is 2.48. The monoisotopic (exact) mass is 478 g/mol. The number of benzene rings is 3. The third-order valence-corrected chi connectivity index (χ3v) is 7.02. The Labute approximate surface area is 209 Å². The van der Waals surface area contributed by atoms with Crippen molar-refractivity contribution in [2.24, 2.45) is 5.41 Å². The second kappa shape index (κ2) is 8.75. The molecule has 180 valence electrons. The molecule has 6 rings (SSSR count). The Morgan fingerprint density at radius 2 is 1.61 bits per heavy atom. The molecular weight excluding hydrogens is 451 g/mol. The standard InChI is InChI=1S/C29H27FN6/c1-29(2)19-35(26(20-7-4-3-5-8-20)27(29)34-28-31-15-6-16-32-28)24-13-14-25-21(17-24)18-33-36(25)23-11-9-22(30)10-12-23/h3-18,26-27H,19H2,1-2H3,(H,31,32,34)/t26-,27-/m1/s1. The summed E-state index contributed by atoms with van der Waals surface area (Å²) in [6, 6.07) is 25.4. The molecular formula is C29H27FN6. The van der Waals surface area contributed by atoms with Gasteiger partial charge in [0.25, 0.3) is 0 Å². The van der Waals surface area contributed by atoms with Gasteiger partial charge in [-0.05, 0) is 54.1 Å². The van der Waals surface area contributed by atoms with E-state index >= 15 is 0 Å². The molecule has 2 atom stereocenters. The number of hydrogen-bond acceptors (Lipinski definition) is 5. The molecule has 6 nitrogen and oxygen atoms in total. The molecule has 3 heterocycles. The molecule has 1 aliphatic rings. The lowest BCUT2D eigenvalue weighted by molar-refractivity contribution is 0.363. The molecule has 0 radical (unpaired) electrons. The van der Waals surface area contributed by atoms with E-state index in [1.807, 2.05) is 23.0 Å². The van der Waals surface area contributed by atoms with Gasteiger partial charge in [-0.3, -0.25) is 0 Å². The highest BCUT2D eigenvalue weighted by atomic mass is 19.1. The summed E-state index contributed by atoms with van der Waals surface area (Å²) in [6.07, 6.45) is 5.40. The van der Waals surface area contributed by atoms with Crippen molar-refractivity contribution < 1.29 is 4.39 Å². The molecule has 0 amide bonds. The second-order valence-corrected chi connectivity index (χ2v) is 9.94. The van der Waals surface area contributed by atoms with Crippen molar-refractivity contribution in [2.75, 3.05) is 16.8 Å². The van der Waals surface area contributed by atoms with Crippen molar-refractivity contribution in [3.05, 3.63) is 109 Å². The number of halogens is 1. The number of nitrogens with one attached hydrogen (secondary N) is 1. The van der Waals surface area contributed by atoms with E-state index < -0.39 is 0 Å². The van der Waals surface area contributed by atoms with Crippen molar-refractivity contribution in [3.63, 3.8) is 0 Å². The second-order valence-electron chi connectivity index (χ2n) is 9.94. The summed E-state index contributed by atoms with van der Waals surface area (Å²) < 4.78 is 15.3. The SMILES string of the molecule is CC1(C)CN(c2ccc3c(cnn3-c3ccc(F)cc3)c2)[C@H](c2ccccc2)[C@H]1Nc1ncccn1. The van der Waals surface area contributed by atoms with Gasteiger partial charge in [0.05, 0.1) is 29.5 Å². The fourth-order valence-electron chi connectivity index (χ4n) is 5.29. The highest BCUT2D eigenvalue weighted by molar-refractivity contribution is 5.84. The van der Waals surface area contributed by atoms with E-state index in [1.165, 1.54) is 17.7 Å². The Hall–Kier alpha value is -4.26. The van der Waals surface area contributed by atoms with Gasteiger partial charge in [0.15, 0.2) is 0 Å². The van der Waals surface area contributed by atoms with E-state index in [1.54, 1.807) is 24.5 Å². The van der Waals surface area contributed by atoms with Crippen LogP contribution in [0.15, 0.2) is 97.5 Å². The first kappa shape index (κ1) is 22.2. The predicted octanol–water partition coefficient (Wildman–Crippen LogP) is 6.02. The van der Waals surface area contributed by atoms with Crippen LogP contribution in [0.5, 0.6) is 0 Å². The Morgan fingerprint density at radius 1 is 0.889 bits per heavy atom. The number of anilines is 2. The van der Waals surface area contributed by atoms with Crippen LogP contribution in [0.1, 0.15) is 25.5 Å². The third kappa shape index (κ3) is 3.96. The van der Waals surface area contributed by atoms with Crippen LogP contribution >= 0.6 is 0 Å². The lowest BCUT2D eigenvalue weighted by Crippen LogP contribution is -2.37. The van der Waals surface area contributed by atoms with E-state index in [2.05, 4.69) is 81.6 Å². The smallest absolute Gasteiger partial charge is 0.222 e. The summed E-state index contributed by atoms with van der Waals surface area (Å²) in [7, 11) is 0. The maximum Gasteiger partial charge on any atom is 0.222 e. The Bertz CT molecular complexity index is 1480. The summed E-state index contributed by atoms with van der Waals surface area (Å²) in [5, 5.41) is 9.25. The maximum atomic E-state index is 13.4. The third-order valence-electron chi connectivity index (χ3n) is 7.02. The van der Waals surface area contributed by atoms with Crippen LogP contribution in [-0.4, -0.2) is 32.3 Å². The minimum absolute atomic E-state index is 0.0625. The predicted molar refractivity (Wildman–Crippen MR) is 141 cm³/mol. The molecule has 1 fully saturated rings. The van der Waals surface area contributed by atoms with Crippen molar-refractivity contribution in [3.8, 4) is 5.69 Å². The van der Waals surface area contributed by atoms with E-state index in [9.17, 15) is 4.39 Å². The summed E-state index contributed by atoms with van der Waals surface area (Å²) in [6.45, 7) is 5.43. The number of hydrogen-bond donors (Lipinski definition) is 1. The normalized spacial score (nSPS) is 19.0. The molecule has 3 aromatic carbocycles. The fourth-order valence-corrected chi connectivity index (χ4v) is 5.29. The molecule has 0 saturated carbocycles. The van der Waals surface area contributed by atoms with Crippen LogP contribution in [0.25, 0.3) is 16.6 Å². The van der Waals surface area contributed by atoms with Gasteiger partial charge in [-0.2, -0.15) is 5.10 Å². The van der Waals surface area contributed by atoms with Crippen LogP contribution < -0.4 is 10.2 Å². The molecule has 0 bridgehead atoms. The van der Waals surface area contributed by atoms with Crippen LogP contribution in [0.3, 0.4) is 0 Å². The minimum atomic E-state index is -0.259. The molecule has 5 aromatic rings. The van der Waals surface area contributed by atoms with Gasteiger partial charge >= 0.3 is 0 Å². The maximum absolute atomic E-state index is 13.4. The highest BCUT2D eigenvalue weighted by Crippen LogP contribution is 2.46. The topological polar surface area (TPSA) is 58.9 Å². The molecule has 1 N–H and O–H groups in total. The number of fused-ring (bicyclic) bond motifs is 1. The first-order chi connectivity index (χ1) is 17.5. The number of aromatic nitrogens is 4. The summed E-state index contributed by atoms with van der Waals surface area (Å²) in [5.74, 6) is 0.375. The van der Waals surface area contributed by atoms with E-state index in [-0.39, 0.29) is 23.3 Å². The van der Waals surface area contributed by atoms with Gasteiger partial charge in [0.1, 0.15) is 5.82 Å². The molecule has 2 aromatic heterocycles. The molecule has 0 aliphatic carbocycles. The van der Waals surface area contributed by atoms with Crippen LogP contribution in [0.4, 0.5) is 16.0 Å². The molecule has 7 heteroatoms. The first-order valence-electron chi connectivity index (χ1n) is 12.1. The fraction of sp³-hybridized carbons (Fsp3) is 0.207. The number of nitrogens with zero attached hydrogens (tertiary/aromatic N) is 5. The van der Waals surface area contributed by atoms with Crippen LogP contribution in [-0.2, 0) is 0 Å². The zero-order valence-electron chi connectivity index (χ0n) is 20.2. The molecule has 0 spiro atoms. The first-order valence-corrected chi connectivity index (χ1v) is 12.1. The van der Waals surface area contributed by atoms with Crippen molar-refractivity contribution in [1.29, 1.82) is 0 Å². The lowest BCUT2D eigenvalue weighted by Gasteiger charge is -2.32. The van der Waals surface area contributed by atoms with Gasteiger partial charge in [-0.25, -0.2) is 19.0 Å².